The summed E-state index contributed by atoms with van der Waals surface area (Å²) in [6, 6.07) is 0. The Morgan fingerprint density at radius 1 is 1.27 bits per heavy atom. The molecule has 2 unspecified atom stereocenters. The van der Waals surface area contributed by atoms with E-state index in [1.807, 2.05) is 0 Å². The van der Waals surface area contributed by atoms with Crippen LogP contribution in [0.2, 0.25) is 0 Å². The molecule has 0 spiro atoms. The number of hydrogen-bond donors (Lipinski definition) is 0. The molecule has 4 heteroatoms. The Kier molecular flexibility index (Phi) is 2.70. The molecule has 0 aromatic carbocycles. The summed E-state index contributed by atoms with van der Waals surface area (Å²) in [6.45, 7) is 5.42. The Morgan fingerprint density at radius 3 is 2.13 bits per heavy atom. The van der Waals surface area contributed by atoms with Gasteiger partial charge in [-0.2, -0.15) is 0 Å². The normalized spacial score (nSPS) is 40.3. The molecular weight excluding hydrogens is 323 g/mol. The van der Waals surface area contributed by atoms with Crippen molar-refractivity contribution in [3.8, 4) is 0 Å². The monoisotopic (exact) mass is 342 g/mol. The summed E-state index contributed by atoms with van der Waals surface area (Å²) < 4.78 is 23.8. The highest BCUT2D eigenvalue weighted by atomic mass is 127. The summed E-state index contributed by atoms with van der Waals surface area (Å²) >= 11 is 2.41. The van der Waals surface area contributed by atoms with Crippen LogP contribution in [0.3, 0.4) is 0 Å². The van der Waals surface area contributed by atoms with Gasteiger partial charge >= 0.3 is 0 Å². The number of rotatable bonds is 2. The van der Waals surface area contributed by atoms with Crippen molar-refractivity contribution >= 4 is 32.4 Å². The zero-order valence-corrected chi connectivity index (χ0v) is 12.6. The van der Waals surface area contributed by atoms with Crippen LogP contribution in [0, 0.1) is 11.8 Å². The minimum absolute atomic E-state index is 0.0854. The van der Waals surface area contributed by atoms with Gasteiger partial charge < -0.3 is 0 Å². The molecule has 0 saturated heterocycles. The van der Waals surface area contributed by atoms with Gasteiger partial charge in [-0.1, -0.05) is 29.0 Å². The summed E-state index contributed by atoms with van der Waals surface area (Å²) in [5.41, 5.74) is 0. The fourth-order valence-corrected chi connectivity index (χ4v) is 6.71. The molecule has 0 aromatic rings. The Hall–Kier alpha value is 0.680. The highest BCUT2D eigenvalue weighted by Crippen LogP contribution is 2.66. The van der Waals surface area contributed by atoms with Crippen LogP contribution in [0.1, 0.15) is 40.0 Å². The van der Waals surface area contributed by atoms with Crippen molar-refractivity contribution in [1.82, 2.24) is 0 Å². The SMILES string of the molecule is CC(C)(C)S(=O)(=O)CC1(I)C2CCCC21. The maximum atomic E-state index is 12.1. The van der Waals surface area contributed by atoms with Crippen molar-refractivity contribution in [2.24, 2.45) is 11.8 Å². The molecule has 2 atom stereocenters. The zero-order valence-electron chi connectivity index (χ0n) is 9.59. The molecule has 88 valence electrons. The molecule has 0 aliphatic heterocycles. The summed E-state index contributed by atoms with van der Waals surface area (Å²) in [5.74, 6) is 1.77. The second-order valence-electron chi connectivity index (χ2n) is 5.94. The van der Waals surface area contributed by atoms with Crippen molar-refractivity contribution in [2.45, 2.75) is 48.2 Å². The first-order valence-electron chi connectivity index (χ1n) is 5.60. The van der Waals surface area contributed by atoms with Gasteiger partial charge in [-0.05, 0) is 45.4 Å². The predicted molar refractivity (Wildman–Crippen MR) is 71.1 cm³/mol. The van der Waals surface area contributed by atoms with Crippen LogP contribution >= 0.6 is 22.6 Å². The molecule has 2 aliphatic carbocycles. The molecule has 0 heterocycles. The Balaban J connectivity index is 2.12. The van der Waals surface area contributed by atoms with Gasteiger partial charge in [-0.15, -0.1) is 0 Å². The molecule has 2 fully saturated rings. The molecule has 0 radical (unpaired) electrons. The number of halogens is 1. The van der Waals surface area contributed by atoms with Gasteiger partial charge in [0.25, 0.3) is 0 Å². The highest BCUT2D eigenvalue weighted by molar-refractivity contribution is 14.1. The lowest BCUT2D eigenvalue weighted by atomic mass is 10.2. The van der Waals surface area contributed by atoms with E-state index in [4.69, 9.17) is 0 Å². The minimum Gasteiger partial charge on any atom is -0.228 e. The van der Waals surface area contributed by atoms with E-state index in [9.17, 15) is 8.42 Å². The minimum atomic E-state index is -2.94. The van der Waals surface area contributed by atoms with Gasteiger partial charge in [0.2, 0.25) is 0 Å². The smallest absolute Gasteiger partial charge is 0.156 e. The second kappa shape index (κ2) is 3.34. The van der Waals surface area contributed by atoms with Crippen molar-refractivity contribution < 1.29 is 8.42 Å². The molecule has 0 amide bonds. The van der Waals surface area contributed by atoms with Crippen molar-refractivity contribution in [1.29, 1.82) is 0 Å². The third kappa shape index (κ3) is 1.85. The standard InChI is InChI=1S/C11H19IO2S/c1-10(2,3)15(13,14)7-11(12)8-5-4-6-9(8)11/h8-9H,4-7H2,1-3H3. The van der Waals surface area contributed by atoms with Crippen LogP contribution in [0.5, 0.6) is 0 Å². The third-order valence-corrected chi connectivity index (χ3v) is 9.21. The van der Waals surface area contributed by atoms with E-state index in [0.29, 0.717) is 17.6 Å². The number of fused-ring (bicyclic) bond motifs is 1. The van der Waals surface area contributed by atoms with E-state index in [1.165, 1.54) is 19.3 Å². The highest BCUT2D eigenvalue weighted by Gasteiger charge is 2.66. The van der Waals surface area contributed by atoms with Crippen LogP contribution in [-0.2, 0) is 9.84 Å². The second-order valence-corrected chi connectivity index (χ2v) is 10.7. The van der Waals surface area contributed by atoms with E-state index in [0.717, 1.165) is 0 Å². The maximum Gasteiger partial charge on any atom is 0.156 e. The first-order chi connectivity index (χ1) is 6.68. The molecule has 2 saturated carbocycles. The van der Waals surface area contributed by atoms with Crippen LogP contribution in [0.15, 0.2) is 0 Å². The summed E-state index contributed by atoms with van der Waals surface area (Å²) in [4.78, 5) is 0. The quantitative estimate of drug-likeness (QED) is 0.571. The van der Waals surface area contributed by atoms with E-state index < -0.39 is 14.6 Å². The van der Waals surface area contributed by atoms with Crippen molar-refractivity contribution in [3.05, 3.63) is 0 Å². The lowest BCUT2D eigenvalue weighted by Gasteiger charge is -2.23. The van der Waals surface area contributed by atoms with E-state index >= 15 is 0 Å². The first kappa shape index (κ1) is 12.1. The number of hydrogen-bond acceptors (Lipinski definition) is 2. The molecule has 15 heavy (non-hydrogen) atoms. The van der Waals surface area contributed by atoms with E-state index in [1.54, 1.807) is 20.8 Å². The summed E-state index contributed by atoms with van der Waals surface area (Å²) in [5, 5.41) is 0. The van der Waals surface area contributed by atoms with Crippen molar-refractivity contribution in [2.75, 3.05) is 5.75 Å². The first-order valence-corrected chi connectivity index (χ1v) is 8.33. The van der Waals surface area contributed by atoms with Gasteiger partial charge in [0.05, 0.1) is 10.5 Å². The molecule has 0 bridgehead atoms. The van der Waals surface area contributed by atoms with Crippen molar-refractivity contribution in [3.63, 3.8) is 0 Å². The molecular formula is C11H19IO2S. The molecule has 0 aromatic heterocycles. The number of alkyl halides is 1. The Morgan fingerprint density at radius 2 is 1.73 bits per heavy atom. The third-order valence-electron chi connectivity index (χ3n) is 3.98. The van der Waals surface area contributed by atoms with E-state index in [2.05, 4.69) is 22.6 Å². The van der Waals surface area contributed by atoms with Crippen LogP contribution in [0.25, 0.3) is 0 Å². The van der Waals surface area contributed by atoms with Gasteiger partial charge in [0, 0.05) is 3.42 Å². The van der Waals surface area contributed by atoms with Gasteiger partial charge in [-0.3, -0.25) is 0 Å². The Labute approximate surface area is 106 Å². The van der Waals surface area contributed by atoms with Crippen LogP contribution in [-0.4, -0.2) is 22.3 Å². The molecule has 0 N–H and O–H groups in total. The lowest BCUT2D eigenvalue weighted by Crippen LogP contribution is -2.35. The average Bonchev–Trinajstić information content (AvgIpc) is 2.47. The largest absolute Gasteiger partial charge is 0.228 e. The topological polar surface area (TPSA) is 34.1 Å². The summed E-state index contributed by atoms with van der Waals surface area (Å²) in [6.07, 6.45) is 3.79. The zero-order chi connectivity index (χ0) is 11.5. The fraction of sp³-hybridized carbons (Fsp3) is 1.00. The van der Waals surface area contributed by atoms with Gasteiger partial charge in [0.1, 0.15) is 0 Å². The Bertz CT molecular complexity index is 357. The van der Waals surface area contributed by atoms with Gasteiger partial charge in [-0.25, -0.2) is 8.42 Å². The molecule has 2 nitrogen and oxygen atoms in total. The van der Waals surface area contributed by atoms with E-state index in [-0.39, 0.29) is 3.42 Å². The molecule has 2 aliphatic rings. The van der Waals surface area contributed by atoms with Crippen LogP contribution < -0.4 is 0 Å². The fourth-order valence-electron chi connectivity index (χ4n) is 2.73. The predicted octanol–water partition coefficient (Wildman–Crippen LogP) is 2.80. The van der Waals surface area contributed by atoms with Gasteiger partial charge in [0.15, 0.2) is 9.84 Å². The lowest BCUT2D eigenvalue weighted by molar-refractivity contribution is 0.552. The van der Waals surface area contributed by atoms with Crippen LogP contribution in [0.4, 0.5) is 0 Å². The maximum absolute atomic E-state index is 12.1. The molecule has 2 rings (SSSR count). The summed E-state index contributed by atoms with van der Waals surface area (Å²) in [7, 11) is -2.94. The number of sulfone groups is 1. The average molecular weight is 342 g/mol.